The van der Waals surface area contributed by atoms with Gasteiger partial charge in [0.15, 0.2) is 17.3 Å². The molecule has 2 aliphatic rings. The van der Waals surface area contributed by atoms with Gasteiger partial charge >= 0.3 is 6.16 Å². The van der Waals surface area contributed by atoms with E-state index in [1.54, 1.807) is 20.9 Å². The number of nitrogens with zero attached hydrogens (tertiary/aromatic N) is 3. The molecule has 11 heteroatoms. The minimum absolute atomic E-state index is 0.0854. The predicted octanol–water partition coefficient (Wildman–Crippen LogP) is 4.50. The standard InChI is InChI=1S/C29H29F2N3O6/c1-17(2)40-29(37)39-16-38-27-23(35)12-13-33-26(27)28(36)32(3)24-11-7-10-19-14-21(30)22(31)15-20(19)25(34(24)33)18-8-5-4-6-9-18/h4-6,8-9,12-15,17,24-25H,7,10-11,16H2,1-3H3/t24?,25-/m1/s1. The normalized spacial score (nSPS) is 18.3. The maximum Gasteiger partial charge on any atom is 0.511 e. The molecule has 0 bridgehead atoms. The minimum atomic E-state index is -0.984. The van der Waals surface area contributed by atoms with E-state index in [1.165, 1.54) is 34.0 Å². The predicted molar refractivity (Wildman–Crippen MR) is 141 cm³/mol. The summed E-state index contributed by atoms with van der Waals surface area (Å²) >= 11 is 0. The molecule has 0 fully saturated rings. The highest BCUT2D eigenvalue weighted by molar-refractivity contribution is 5.96. The van der Waals surface area contributed by atoms with Crippen LogP contribution in [0.4, 0.5) is 13.6 Å². The maximum absolute atomic E-state index is 14.7. The van der Waals surface area contributed by atoms with Crippen molar-refractivity contribution in [3.05, 3.63) is 99.0 Å². The number of rotatable bonds is 5. The number of benzene rings is 2. The highest BCUT2D eigenvalue weighted by atomic mass is 19.2. The zero-order valence-electron chi connectivity index (χ0n) is 22.3. The van der Waals surface area contributed by atoms with Crippen LogP contribution in [0.5, 0.6) is 5.75 Å². The molecule has 210 valence electrons. The number of aryl methyl sites for hydroxylation is 1. The van der Waals surface area contributed by atoms with Gasteiger partial charge in [0.05, 0.1) is 12.1 Å². The van der Waals surface area contributed by atoms with E-state index >= 15 is 0 Å². The van der Waals surface area contributed by atoms with E-state index in [0.29, 0.717) is 30.4 Å². The van der Waals surface area contributed by atoms with Gasteiger partial charge in [0.1, 0.15) is 6.17 Å². The molecule has 0 spiro atoms. The Balaban J connectivity index is 1.66. The quantitative estimate of drug-likeness (QED) is 0.340. The van der Waals surface area contributed by atoms with Gasteiger partial charge in [0.2, 0.25) is 18.0 Å². The number of carbonyl (C=O) groups excluding carboxylic acids is 2. The summed E-state index contributed by atoms with van der Waals surface area (Å²) in [6.07, 6.45) is 1.20. The molecule has 1 aromatic heterocycles. The lowest BCUT2D eigenvalue weighted by Gasteiger charge is -2.50. The number of hydrogen-bond acceptors (Lipinski definition) is 7. The van der Waals surface area contributed by atoms with Crippen molar-refractivity contribution < 1.29 is 32.6 Å². The molecule has 0 N–H and O–H groups in total. The molecule has 9 nitrogen and oxygen atoms in total. The van der Waals surface area contributed by atoms with Crippen LogP contribution in [-0.4, -0.2) is 47.7 Å². The number of ether oxygens (including phenoxy) is 3. The Bertz CT molecular complexity index is 1490. The monoisotopic (exact) mass is 553 g/mol. The molecule has 1 amide bonds. The van der Waals surface area contributed by atoms with Gasteiger partial charge in [0, 0.05) is 19.3 Å². The molecular weight excluding hydrogens is 524 g/mol. The minimum Gasteiger partial charge on any atom is -0.451 e. The molecule has 2 aromatic carbocycles. The largest absolute Gasteiger partial charge is 0.511 e. The topological polar surface area (TPSA) is 90.3 Å². The Morgan fingerprint density at radius 1 is 1.07 bits per heavy atom. The third-order valence-electron chi connectivity index (χ3n) is 7.04. The van der Waals surface area contributed by atoms with Crippen molar-refractivity contribution >= 4 is 12.1 Å². The molecule has 2 atom stereocenters. The van der Waals surface area contributed by atoms with Crippen molar-refractivity contribution in [3.63, 3.8) is 0 Å². The second-order valence-electron chi connectivity index (χ2n) is 9.97. The molecule has 0 saturated carbocycles. The van der Waals surface area contributed by atoms with E-state index < -0.39 is 54.2 Å². The average Bonchev–Trinajstić information content (AvgIpc) is 2.91. The van der Waals surface area contributed by atoms with Gasteiger partial charge in [-0.1, -0.05) is 30.3 Å². The summed E-state index contributed by atoms with van der Waals surface area (Å²) in [6.45, 7) is 2.64. The van der Waals surface area contributed by atoms with E-state index in [0.717, 1.165) is 5.56 Å². The lowest BCUT2D eigenvalue weighted by atomic mass is 9.88. The summed E-state index contributed by atoms with van der Waals surface area (Å²) in [5.74, 6) is -2.69. The van der Waals surface area contributed by atoms with Crippen molar-refractivity contribution in [1.29, 1.82) is 0 Å². The van der Waals surface area contributed by atoms with Gasteiger partial charge in [-0.3, -0.25) is 19.3 Å². The number of carbonyl (C=O) groups is 2. The summed E-state index contributed by atoms with van der Waals surface area (Å²) in [6, 6.07) is 12.3. The molecule has 5 rings (SSSR count). The smallest absolute Gasteiger partial charge is 0.451 e. The maximum atomic E-state index is 14.7. The average molecular weight is 554 g/mol. The molecule has 3 heterocycles. The van der Waals surface area contributed by atoms with Crippen LogP contribution in [0, 0.1) is 11.6 Å². The van der Waals surface area contributed by atoms with E-state index in [1.807, 2.05) is 35.3 Å². The number of fused-ring (bicyclic) bond motifs is 4. The Hall–Kier alpha value is -4.41. The third kappa shape index (κ3) is 4.99. The summed E-state index contributed by atoms with van der Waals surface area (Å²) in [7, 11) is 1.62. The fraction of sp³-hybridized carbons (Fsp3) is 0.345. The molecule has 2 aliphatic heterocycles. The second kappa shape index (κ2) is 11.0. The molecule has 3 aromatic rings. The number of hydrogen-bond donors (Lipinski definition) is 0. The second-order valence-corrected chi connectivity index (χ2v) is 9.97. The summed E-state index contributed by atoms with van der Waals surface area (Å²) in [5, 5.41) is 1.88. The highest BCUT2D eigenvalue weighted by Crippen LogP contribution is 2.39. The van der Waals surface area contributed by atoms with Crippen LogP contribution in [0.25, 0.3) is 0 Å². The zero-order chi connectivity index (χ0) is 28.6. The van der Waals surface area contributed by atoms with E-state index in [-0.39, 0.29) is 11.4 Å². The van der Waals surface area contributed by atoms with Crippen molar-refractivity contribution in [2.24, 2.45) is 0 Å². The first-order valence-electron chi connectivity index (χ1n) is 13.0. The fourth-order valence-corrected chi connectivity index (χ4v) is 5.30. The number of halogens is 2. The lowest BCUT2D eigenvalue weighted by molar-refractivity contribution is -0.00924. The van der Waals surface area contributed by atoms with Crippen LogP contribution in [0.1, 0.15) is 59.9 Å². The van der Waals surface area contributed by atoms with Crippen molar-refractivity contribution in [1.82, 2.24) is 9.58 Å². The van der Waals surface area contributed by atoms with Crippen LogP contribution in [0.2, 0.25) is 0 Å². The van der Waals surface area contributed by atoms with Gasteiger partial charge < -0.3 is 19.1 Å². The Labute approximate surface area is 229 Å². The van der Waals surface area contributed by atoms with Crippen molar-refractivity contribution in [3.8, 4) is 5.75 Å². The van der Waals surface area contributed by atoms with Gasteiger partial charge in [-0.05, 0) is 61.9 Å². The fourth-order valence-electron chi connectivity index (χ4n) is 5.30. The number of amides is 1. The van der Waals surface area contributed by atoms with E-state index in [9.17, 15) is 23.2 Å². The lowest BCUT2D eigenvalue weighted by Crippen LogP contribution is -2.61. The molecule has 40 heavy (non-hydrogen) atoms. The number of pyridine rings is 1. The summed E-state index contributed by atoms with van der Waals surface area (Å²) in [5.41, 5.74) is 1.30. The van der Waals surface area contributed by atoms with Gasteiger partial charge in [0.25, 0.3) is 5.91 Å². The van der Waals surface area contributed by atoms with Gasteiger partial charge in [-0.25, -0.2) is 13.6 Å². The first kappa shape index (κ1) is 27.2. The third-order valence-corrected chi connectivity index (χ3v) is 7.04. The van der Waals surface area contributed by atoms with Crippen LogP contribution in [-0.2, 0) is 15.9 Å². The molecule has 0 radical (unpaired) electrons. The molecule has 1 unspecified atom stereocenters. The summed E-state index contributed by atoms with van der Waals surface area (Å²) < 4.78 is 46.0. The SMILES string of the molecule is CC(C)OC(=O)OCOc1c2n(ccc1=O)N1C(CCCc3cc(F)c(F)cc3[C@H]1c1ccccc1)N(C)C2=O. The molecule has 0 saturated heterocycles. The van der Waals surface area contributed by atoms with Crippen molar-refractivity contribution in [2.75, 3.05) is 18.8 Å². The Morgan fingerprint density at radius 2 is 1.80 bits per heavy atom. The Kier molecular flexibility index (Phi) is 7.46. The first-order chi connectivity index (χ1) is 19.2. The van der Waals surface area contributed by atoms with Crippen LogP contribution >= 0.6 is 0 Å². The van der Waals surface area contributed by atoms with E-state index in [4.69, 9.17) is 14.2 Å². The number of aromatic nitrogens is 1. The van der Waals surface area contributed by atoms with Crippen LogP contribution in [0.15, 0.2) is 59.5 Å². The summed E-state index contributed by atoms with van der Waals surface area (Å²) in [4.78, 5) is 39.9. The van der Waals surface area contributed by atoms with Crippen molar-refractivity contribution in [2.45, 2.75) is 51.4 Å². The van der Waals surface area contributed by atoms with Gasteiger partial charge in [-0.15, -0.1) is 0 Å². The highest BCUT2D eigenvalue weighted by Gasteiger charge is 2.43. The van der Waals surface area contributed by atoms with Gasteiger partial charge in [-0.2, -0.15) is 0 Å². The van der Waals surface area contributed by atoms with Crippen LogP contribution in [0.3, 0.4) is 0 Å². The molecule has 0 aliphatic carbocycles. The first-order valence-corrected chi connectivity index (χ1v) is 13.0. The molecular formula is C29H29F2N3O6. The zero-order valence-corrected chi connectivity index (χ0v) is 22.3. The van der Waals surface area contributed by atoms with E-state index in [2.05, 4.69) is 0 Å². The Morgan fingerprint density at radius 3 is 2.52 bits per heavy atom. The van der Waals surface area contributed by atoms with Crippen LogP contribution < -0.4 is 15.2 Å².